The largest absolute Gasteiger partial charge is 0.379 e. The van der Waals surface area contributed by atoms with Crippen LogP contribution in [0.2, 0.25) is 0 Å². The van der Waals surface area contributed by atoms with E-state index < -0.39 is 0 Å². The number of H-pyrrole nitrogens is 1. The van der Waals surface area contributed by atoms with Crippen molar-refractivity contribution in [3.63, 3.8) is 0 Å². The molecule has 1 aromatic carbocycles. The molecule has 0 aliphatic heterocycles. The van der Waals surface area contributed by atoms with E-state index in [4.69, 9.17) is 0 Å². The molecule has 2 N–H and O–H groups in total. The third-order valence-electron chi connectivity index (χ3n) is 2.33. The lowest BCUT2D eigenvalue weighted by Crippen LogP contribution is -2.01. The van der Waals surface area contributed by atoms with Crippen molar-refractivity contribution in [2.75, 3.05) is 5.32 Å². The van der Waals surface area contributed by atoms with E-state index in [9.17, 15) is 0 Å². The van der Waals surface area contributed by atoms with Crippen LogP contribution in [0.3, 0.4) is 0 Å². The van der Waals surface area contributed by atoms with Crippen molar-refractivity contribution >= 4 is 21.6 Å². The van der Waals surface area contributed by atoms with Gasteiger partial charge in [0, 0.05) is 22.1 Å². The van der Waals surface area contributed by atoms with E-state index in [-0.39, 0.29) is 0 Å². The summed E-state index contributed by atoms with van der Waals surface area (Å²) >= 11 is 3.47. The van der Waals surface area contributed by atoms with Gasteiger partial charge < -0.3 is 10.3 Å². The number of aryl methyl sites for hydroxylation is 1. The minimum absolute atomic E-state index is 0.824. The maximum Gasteiger partial charge on any atom is 0.0551 e. The predicted octanol–water partition coefficient (Wildman–Crippen LogP) is 3.70. The number of anilines is 1. The van der Waals surface area contributed by atoms with E-state index in [1.54, 1.807) is 0 Å². The third kappa shape index (κ3) is 2.63. The highest BCUT2D eigenvalue weighted by atomic mass is 79.9. The molecule has 0 saturated carbocycles. The van der Waals surface area contributed by atoms with Crippen LogP contribution < -0.4 is 5.32 Å². The minimum atomic E-state index is 0.824. The first kappa shape index (κ1) is 10.3. The van der Waals surface area contributed by atoms with Gasteiger partial charge in [0.25, 0.3) is 0 Å². The number of hydrogen-bond donors (Lipinski definition) is 2. The number of aromatic nitrogens is 1. The van der Waals surface area contributed by atoms with Crippen LogP contribution in [0, 0.1) is 6.92 Å². The Morgan fingerprint density at radius 2 is 2.20 bits per heavy atom. The lowest BCUT2D eigenvalue weighted by Gasteiger charge is -2.08. The van der Waals surface area contributed by atoms with Crippen LogP contribution in [0.5, 0.6) is 0 Å². The first-order valence-corrected chi connectivity index (χ1v) is 5.67. The number of nitrogens with one attached hydrogen (secondary N) is 2. The highest BCUT2D eigenvalue weighted by Crippen LogP contribution is 2.20. The molecule has 0 aliphatic rings. The van der Waals surface area contributed by atoms with E-state index in [0.717, 1.165) is 11.0 Å². The molecule has 0 unspecified atom stereocenters. The van der Waals surface area contributed by atoms with E-state index in [1.807, 2.05) is 12.3 Å². The van der Waals surface area contributed by atoms with Crippen LogP contribution in [-0.4, -0.2) is 4.98 Å². The first-order valence-electron chi connectivity index (χ1n) is 4.88. The number of halogens is 1. The quantitative estimate of drug-likeness (QED) is 0.870. The van der Waals surface area contributed by atoms with Crippen molar-refractivity contribution < 1.29 is 0 Å². The van der Waals surface area contributed by atoms with E-state index >= 15 is 0 Å². The van der Waals surface area contributed by atoms with Gasteiger partial charge >= 0.3 is 0 Å². The Labute approximate surface area is 97.8 Å². The molecule has 0 radical (unpaired) electrons. The molecule has 2 nitrogen and oxygen atoms in total. The van der Waals surface area contributed by atoms with Crippen molar-refractivity contribution in [1.82, 2.24) is 4.98 Å². The van der Waals surface area contributed by atoms with Gasteiger partial charge in [0.2, 0.25) is 0 Å². The van der Waals surface area contributed by atoms with Crippen LogP contribution in [0.15, 0.2) is 41.0 Å². The minimum Gasteiger partial charge on any atom is -0.379 e. The summed E-state index contributed by atoms with van der Waals surface area (Å²) in [5.41, 5.74) is 3.61. The number of rotatable bonds is 3. The highest BCUT2D eigenvalue weighted by molar-refractivity contribution is 9.10. The second-order valence-corrected chi connectivity index (χ2v) is 4.42. The maximum atomic E-state index is 3.47. The zero-order chi connectivity index (χ0) is 10.7. The normalized spacial score (nSPS) is 10.3. The van der Waals surface area contributed by atoms with Gasteiger partial charge in [0.15, 0.2) is 0 Å². The topological polar surface area (TPSA) is 27.8 Å². The molecule has 0 spiro atoms. The molecule has 0 amide bonds. The van der Waals surface area contributed by atoms with Gasteiger partial charge in [-0.1, -0.05) is 22.0 Å². The molecular formula is C12H13BrN2. The Kier molecular flexibility index (Phi) is 3.11. The molecule has 0 aliphatic carbocycles. The average Bonchev–Trinajstić information content (AvgIpc) is 2.72. The van der Waals surface area contributed by atoms with Gasteiger partial charge in [-0.25, -0.2) is 0 Å². The SMILES string of the molecule is Cc1ccc(Br)cc1NCc1ccc[nH]1. The molecule has 2 aromatic rings. The summed E-state index contributed by atoms with van der Waals surface area (Å²) in [4.78, 5) is 3.17. The van der Waals surface area contributed by atoms with Gasteiger partial charge in [0.1, 0.15) is 0 Å². The molecule has 78 valence electrons. The number of benzene rings is 1. The van der Waals surface area contributed by atoms with E-state index in [2.05, 4.69) is 57.4 Å². The lowest BCUT2D eigenvalue weighted by atomic mass is 10.2. The number of hydrogen-bond acceptors (Lipinski definition) is 1. The zero-order valence-electron chi connectivity index (χ0n) is 8.55. The second kappa shape index (κ2) is 4.53. The van der Waals surface area contributed by atoms with Crippen molar-refractivity contribution in [1.29, 1.82) is 0 Å². The lowest BCUT2D eigenvalue weighted by molar-refractivity contribution is 1.07. The van der Waals surface area contributed by atoms with Crippen molar-refractivity contribution in [3.05, 3.63) is 52.3 Å². The Bertz CT molecular complexity index is 435. The summed E-state index contributed by atoms with van der Waals surface area (Å²) in [6, 6.07) is 10.3. The summed E-state index contributed by atoms with van der Waals surface area (Å²) < 4.78 is 1.10. The Hall–Kier alpha value is -1.22. The fourth-order valence-corrected chi connectivity index (χ4v) is 1.81. The van der Waals surface area contributed by atoms with Crippen LogP contribution in [-0.2, 0) is 6.54 Å². The van der Waals surface area contributed by atoms with Gasteiger partial charge in [0.05, 0.1) is 6.54 Å². The molecular weight excluding hydrogens is 252 g/mol. The summed E-state index contributed by atoms with van der Waals surface area (Å²) in [6.07, 6.45) is 1.94. The van der Waals surface area contributed by atoms with Crippen molar-refractivity contribution in [2.24, 2.45) is 0 Å². The van der Waals surface area contributed by atoms with Crippen LogP contribution in [0.1, 0.15) is 11.3 Å². The monoisotopic (exact) mass is 264 g/mol. The van der Waals surface area contributed by atoms with Crippen LogP contribution in [0.25, 0.3) is 0 Å². The predicted molar refractivity (Wildman–Crippen MR) is 67.0 cm³/mol. The van der Waals surface area contributed by atoms with Gasteiger partial charge in [-0.3, -0.25) is 0 Å². The van der Waals surface area contributed by atoms with Crippen LogP contribution >= 0.6 is 15.9 Å². The molecule has 1 aromatic heterocycles. The summed E-state index contributed by atoms with van der Waals surface area (Å²) in [5, 5.41) is 3.39. The fourth-order valence-electron chi connectivity index (χ4n) is 1.45. The number of aromatic amines is 1. The second-order valence-electron chi connectivity index (χ2n) is 3.51. The Balaban J connectivity index is 2.07. The highest BCUT2D eigenvalue weighted by Gasteiger charge is 1.99. The molecule has 0 atom stereocenters. The molecule has 0 fully saturated rings. The molecule has 0 bridgehead atoms. The third-order valence-corrected chi connectivity index (χ3v) is 2.82. The van der Waals surface area contributed by atoms with E-state index in [0.29, 0.717) is 0 Å². The van der Waals surface area contributed by atoms with Gasteiger partial charge in [-0.2, -0.15) is 0 Å². The summed E-state index contributed by atoms with van der Waals surface area (Å²) in [6.45, 7) is 2.92. The van der Waals surface area contributed by atoms with Gasteiger partial charge in [-0.05, 0) is 36.8 Å². The average molecular weight is 265 g/mol. The molecule has 2 rings (SSSR count). The summed E-state index contributed by atoms with van der Waals surface area (Å²) in [7, 11) is 0. The fraction of sp³-hybridized carbons (Fsp3) is 0.167. The summed E-state index contributed by atoms with van der Waals surface area (Å²) in [5.74, 6) is 0. The zero-order valence-corrected chi connectivity index (χ0v) is 10.1. The first-order chi connectivity index (χ1) is 7.25. The smallest absolute Gasteiger partial charge is 0.0551 e. The molecule has 1 heterocycles. The van der Waals surface area contributed by atoms with E-state index in [1.165, 1.54) is 16.9 Å². The molecule has 3 heteroatoms. The van der Waals surface area contributed by atoms with Crippen molar-refractivity contribution in [3.8, 4) is 0 Å². The maximum absolute atomic E-state index is 3.47. The molecule has 0 saturated heterocycles. The van der Waals surface area contributed by atoms with Crippen LogP contribution in [0.4, 0.5) is 5.69 Å². The Morgan fingerprint density at radius 3 is 2.93 bits per heavy atom. The van der Waals surface area contributed by atoms with Crippen molar-refractivity contribution in [2.45, 2.75) is 13.5 Å². The standard InChI is InChI=1S/C12H13BrN2/c1-9-4-5-10(13)7-12(9)15-8-11-3-2-6-14-11/h2-7,14-15H,8H2,1H3. The Morgan fingerprint density at radius 1 is 1.33 bits per heavy atom. The van der Waals surface area contributed by atoms with Gasteiger partial charge in [-0.15, -0.1) is 0 Å². The molecule has 15 heavy (non-hydrogen) atoms.